The van der Waals surface area contributed by atoms with Gasteiger partial charge in [0.1, 0.15) is 11.5 Å². The van der Waals surface area contributed by atoms with Crippen LogP contribution in [-0.2, 0) is 6.54 Å². The van der Waals surface area contributed by atoms with Crippen molar-refractivity contribution in [1.29, 1.82) is 0 Å². The van der Waals surface area contributed by atoms with Crippen molar-refractivity contribution in [2.45, 2.75) is 6.54 Å². The van der Waals surface area contributed by atoms with E-state index in [2.05, 4.69) is 15.6 Å². The second kappa shape index (κ2) is 8.02. The van der Waals surface area contributed by atoms with Crippen molar-refractivity contribution < 1.29 is 14.0 Å². The Bertz CT molecular complexity index is 912. The molecule has 26 heavy (non-hydrogen) atoms. The molecule has 1 aromatic heterocycles. The third-order valence-electron chi connectivity index (χ3n) is 3.65. The van der Waals surface area contributed by atoms with Gasteiger partial charge in [-0.1, -0.05) is 30.3 Å². The van der Waals surface area contributed by atoms with Crippen molar-refractivity contribution in [2.24, 2.45) is 0 Å². The fourth-order valence-electron chi connectivity index (χ4n) is 2.30. The van der Waals surface area contributed by atoms with Gasteiger partial charge in [0.2, 0.25) is 0 Å². The Morgan fingerprint density at radius 2 is 1.65 bits per heavy atom. The van der Waals surface area contributed by atoms with Gasteiger partial charge in [0.25, 0.3) is 11.8 Å². The molecule has 5 nitrogen and oxygen atoms in total. The van der Waals surface area contributed by atoms with E-state index in [0.29, 0.717) is 11.3 Å². The number of benzene rings is 2. The van der Waals surface area contributed by atoms with E-state index in [9.17, 15) is 14.0 Å². The molecule has 0 aliphatic carbocycles. The number of amides is 2. The quantitative estimate of drug-likeness (QED) is 0.742. The van der Waals surface area contributed by atoms with Crippen molar-refractivity contribution in [3.05, 3.63) is 95.6 Å². The molecule has 0 saturated carbocycles. The maximum Gasteiger partial charge on any atom is 0.270 e. The first-order valence-corrected chi connectivity index (χ1v) is 7.97. The number of para-hydroxylation sites is 1. The van der Waals surface area contributed by atoms with Gasteiger partial charge in [0.05, 0.1) is 0 Å². The molecule has 0 aliphatic rings. The number of hydrogen-bond acceptors (Lipinski definition) is 3. The lowest BCUT2D eigenvalue weighted by molar-refractivity contribution is 0.0946. The van der Waals surface area contributed by atoms with Gasteiger partial charge in [-0.25, -0.2) is 4.39 Å². The third kappa shape index (κ3) is 4.51. The van der Waals surface area contributed by atoms with E-state index in [0.717, 1.165) is 5.56 Å². The Hall–Kier alpha value is -3.54. The van der Waals surface area contributed by atoms with Gasteiger partial charge in [0, 0.05) is 24.0 Å². The van der Waals surface area contributed by atoms with Crippen molar-refractivity contribution in [1.82, 2.24) is 10.3 Å². The van der Waals surface area contributed by atoms with Gasteiger partial charge in [-0.3, -0.25) is 14.6 Å². The first kappa shape index (κ1) is 17.3. The predicted octanol–water partition coefficient (Wildman–Crippen LogP) is 3.40. The molecule has 0 saturated heterocycles. The zero-order valence-corrected chi connectivity index (χ0v) is 13.8. The van der Waals surface area contributed by atoms with E-state index in [-0.39, 0.29) is 24.0 Å². The van der Waals surface area contributed by atoms with Crippen LogP contribution < -0.4 is 10.6 Å². The second-order valence-corrected chi connectivity index (χ2v) is 5.56. The highest BCUT2D eigenvalue weighted by Gasteiger charge is 2.12. The average molecular weight is 349 g/mol. The lowest BCUT2D eigenvalue weighted by atomic mass is 10.2. The fourth-order valence-corrected chi connectivity index (χ4v) is 2.30. The Morgan fingerprint density at radius 3 is 2.38 bits per heavy atom. The second-order valence-electron chi connectivity index (χ2n) is 5.56. The Morgan fingerprint density at radius 1 is 0.923 bits per heavy atom. The smallest absolute Gasteiger partial charge is 0.270 e. The van der Waals surface area contributed by atoms with Gasteiger partial charge in [-0.05, 0) is 42.0 Å². The number of aromatic nitrogens is 1. The Labute approximate surface area is 149 Å². The van der Waals surface area contributed by atoms with E-state index >= 15 is 0 Å². The predicted molar refractivity (Wildman–Crippen MR) is 96.2 cm³/mol. The molecule has 3 rings (SSSR count). The normalized spacial score (nSPS) is 10.2. The molecule has 0 spiro atoms. The lowest BCUT2D eigenvalue weighted by Gasteiger charge is -2.07. The Kier molecular flexibility index (Phi) is 5.34. The highest BCUT2D eigenvalue weighted by molar-refractivity contribution is 6.05. The monoisotopic (exact) mass is 349 g/mol. The molecule has 2 N–H and O–H groups in total. The first-order valence-electron chi connectivity index (χ1n) is 7.97. The van der Waals surface area contributed by atoms with Crippen molar-refractivity contribution >= 4 is 17.5 Å². The van der Waals surface area contributed by atoms with Gasteiger partial charge in [-0.15, -0.1) is 0 Å². The summed E-state index contributed by atoms with van der Waals surface area (Å²) < 4.78 is 12.9. The fraction of sp³-hybridized carbons (Fsp3) is 0.0500. The summed E-state index contributed by atoms with van der Waals surface area (Å²) in [6, 6.07) is 17.8. The summed E-state index contributed by atoms with van der Waals surface area (Å²) in [4.78, 5) is 28.5. The number of carbonyl (C=O) groups is 2. The lowest BCUT2D eigenvalue weighted by Crippen LogP contribution is -2.24. The van der Waals surface area contributed by atoms with Crippen LogP contribution in [0, 0.1) is 5.82 Å². The number of nitrogens with one attached hydrogen (secondary N) is 2. The summed E-state index contributed by atoms with van der Waals surface area (Å²) in [5.74, 6) is -1.08. The number of rotatable bonds is 5. The van der Waals surface area contributed by atoms with Crippen LogP contribution in [0.25, 0.3) is 0 Å². The summed E-state index contributed by atoms with van der Waals surface area (Å²) in [5, 5.41) is 5.45. The van der Waals surface area contributed by atoms with Gasteiger partial charge in [-0.2, -0.15) is 0 Å². The Balaban J connectivity index is 1.65. The molecule has 2 amide bonds. The number of nitrogens with zero attached hydrogens (tertiary/aromatic N) is 1. The first-order chi connectivity index (χ1) is 12.6. The summed E-state index contributed by atoms with van der Waals surface area (Å²) in [5.41, 5.74) is 1.89. The van der Waals surface area contributed by atoms with Gasteiger partial charge >= 0.3 is 0 Å². The molecule has 0 fully saturated rings. The highest BCUT2D eigenvalue weighted by Crippen LogP contribution is 2.10. The van der Waals surface area contributed by atoms with Crippen LogP contribution >= 0.6 is 0 Å². The highest BCUT2D eigenvalue weighted by atomic mass is 19.1. The molecule has 3 aromatic rings. The molecule has 6 heteroatoms. The standard InChI is InChI=1S/C20H16FN3O2/c21-16-8-6-14(7-9-16)13-23-20(26)18-12-15(10-11-22-18)19(25)24-17-4-2-1-3-5-17/h1-12H,13H2,(H,23,26)(H,24,25). The van der Waals surface area contributed by atoms with E-state index < -0.39 is 5.91 Å². The molecule has 0 unspecified atom stereocenters. The average Bonchev–Trinajstić information content (AvgIpc) is 2.68. The van der Waals surface area contributed by atoms with E-state index in [1.807, 2.05) is 18.2 Å². The third-order valence-corrected chi connectivity index (χ3v) is 3.65. The molecular formula is C20H16FN3O2. The summed E-state index contributed by atoms with van der Waals surface area (Å²) >= 11 is 0. The number of anilines is 1. The van der Waals surface area contributed by atoms with Gasteiger partial charge < -0.3 is 10.6 Å². The van der Waals surface area contributed by atoms with E-state index in [1.165, 1.54) is 30.5 Å². The maximum atomic E-state index is 12.9. The van der Waals surface area contributed by atoms with E-state index in [4.69, 9.17) is 0 Å². The largest absolute Gasteiger partial charge is 0.347 e. The zero-order chi connectivity index (χ0) is 18.4. The number of hydrogen-bond donors (Lipinski definition) is 2. The molecule has 0 radical (unpaired) electrons. The zero-order valence-electron chi connectivity index (χ0n) is 13.8. The van der Waals surface area contributed by atoms with E-state index in [1.54, 1.807) is 24.3 Å². The molecule has 1 heterocycles. The molecular weight excluding hydrogens is 333 g/mol. The van der Waals surface area contributed by atoms with Crippen LogP contribution in [0.3, 0.4) is 0 Å². The van der Waals surface area contributed by atoms with Crippen molar-refractivity contribution in [3.8, 4) is 0 Å². The number of halogens is 1. The van der Waals surface area contributed by atoms with Crippen molar-refractivity contribution in [3.63, 3.8) is 0 Å². The van der Waals surface area contributed by atoms with Crippen LogP contribution in [0.5, 0.6) is 0 Å². The van der Waals surface area contributed by atoms with Crippen LogP contribution in [0.15, 0.2) is 72.9 Å². The summed E-state index contributed by atoms with van der Waals surface area (Å²) in [7, 11) is 0. The summed E-state index contributed by atoms with van der Waals surface area (Å²) in [6.45, 7) is 0.237. The minimum Gasteiger partial charge on any atom is -0.347 e. The SMILES string of the molecule is O=C(Nc1ccccc1)c1ccnc(C(=O)NCc2ccc(F)cc2)c1. The molecule has 130 valence electrons. The maximum absolute atomic E-state index is 12.9. The minimum atomic E-state index is -0.413. The van der Waals surface area contributed by atoms with Gasteiger partial charge in [0.15, 0.2) is 0 Å². The van der Waals surface area contributed by atoms with Crippen LogP contribution in [0.2, 0.25) is 0 Å². The molecule has 0 bridgehead atoms. The van der Waals surface area contributed by atoms with Crippen LogP contribution in [0.4, 0.5) is 10.1 Å². The topological polar surface area (TPSA) is 71.1 Å². The minimum absolute atomic E-state index is 0.132. The molecule has 2 aromatic carbocycles. The summed E-state index contributed by atoms with van der Waals surface area (Å²) in [6.07, 6.45) is 1.41. The molecule has 0 aliphatic heterocycles. The number of carbonyl (C=O) groups excluding carboxylic acids is 2. The molecule has 0 atom stereocenters. The van der Waals surface area contributed by atoms with Crippen LogP contribution in [-0.4, -0.2) is 16.8 Å². The number of pyridine rings is 1. The van der Waals surface area contributed by atoms with Crippen molar-refractivity contribution in [2.75, 3.05) is 5.32 Å². The van der Waals surface area contributed by atoms with Crippen LogP contribution in [0.1, 0.15) is 26.4 Å².